The van der Waals surface area contributed by atoms with E-state index < -0.39 is 0 Å². The highest BCUT2D eigenvalue weighted by Crippen LogP contribution is 2.32. The minimum atomic E-state index is -0.172. The summed E-state index contributed by atoms with van der Waals surface area (Å²) in [6, 6.07) is 11.5. The van der Waals surface area contributed by atoms with E-state index in [0.29, 0.717) is 16.6 Å². The van der Waals surface area contributed by atoms with Crippen molar-refractivity contribution in [2.75, 3.05) is 5.32 Å². The lowest BCUT2D eigenvalue weighted by Gasteiger charge is -2.22. The van der Waals surface area contributed by atoms with E-state index in [-0.39, 0.29) is 5.91 Å². The van der Waals surface area contributed by atoms with Crippen molar-refractivity contribution in [1.29, 1.82) is 0 Å². The van der Waals surface area contributed by atoms with Gasteiger partial charge in [-0.3, -0.25) is 4.79 Å². The second-order valence-corrected chi connectivity index (χ2v) is 6.17. The van der Waals surface area contributed by atoms with Crippen LogP contribution in [0.15, 0.2) is 42.6 Å². The summed E-state index contributed by atoms with van der Waals surface area (Å²) in [6.07, 6.45) is 8.05. The average Bonchev–Trinajstić information content (AvgIpc) is 2.57. The summed E-state index contributed by atoms with van der Waals surface area (Å²) in [4.78, 5) is 16.0. The third-order valence-electron chi connectivity index (χ3n) is 4.23. The molecule has 2 aromatic rings. The molecule has 3 nitrogen and oxygen atoms in total. The van der Waals surface area contributed by atoms with Gasteiger partial charge in [-0.1, -0.05) is 43.0 Å². The fourth-order valence-corrected chi connectivity index (χ4v) is 3.10. The molecule has 0 aliphatic heterocycles. The first-order valence-electron chi connectivity index (χ1n) is 7.75. The summed E-state index contributed by atoms with van der Waals surface area (Å²) < 4.78 is 0. The Balaban J connectivity index is 1.65. The molecular formula is C18H19ClN2O. The summed E-state index contributed by atoms with van der Waals surface area (Å²) >= 11 is 5.72. The Kier molecular flexibility index (Phi) is 4.74. The Morgan fingerprint density at radius 3 is 2.41 bits per heavy atom. The maximum atomic E-state index is 12.1. The summed E-state index contributed by atoms with van der Waals surface area (Å²) in [5, 5.41) is 3.27. The van der Waals surface area contributed by atoms with Gasteiger partial charge in [0.2, 0.25) is 0 Å². The van der Waals surface area contributed by atoms with Crippen LogP contribution in [-0.2, 0) is 0 Å². The molecule has 0 radical (unpaired) electrons. The molecule has 0 atom stereocenters. The molecule has 4 heteroatoms. The van der Waals surface area contributed by atoms with Crippen molar-refractivity contribution < 1.29 is 4.79 Å². The molecule has 1 heterocycles. The molecule has 1 aromatic heterocycles. The van der Waals surface area contributed by atoms with Crippen LogP contribution in [0.25, 0.3) is 0 Å². The number of nitrogens with zero attached hydrogens (tertiary/aromatic N) is 1. The highest BCUT2D eigenvalue weighted by Gasteiger charge is 2.15. The molecule has 0 saturated heterocycles. The summed E-state index contributed by atoms with van der Waals surface area (Å²) in [5.74, 6) is 0.508. The Hall–Kier alpha value is -1.87. The number of amides is 1. The normalized spacial score (nSPS) is 15.5. The van der Waals surface area contributed by atoms with Crippen LogP contribution < -0.4 is 5.32 Å². The van der Waals surface area contributed by atoms with Gasteiger partial charge in [0, 0.05) is 11.9 Å². The van der Waals surface area contributed by atoms with Gasteiger partial charge in [-0.2, -0.15) is 0 Å². The molecule has 1 aromatic carbocycles. The van der Waals surface area contributed by atoms with Crippen molar-refractivity contribution in [3.63, 3.8) is 0 Å². The number of carbonyl (C=O) groups is 1. The Morgan fingerprint density at radius 1 is 1.05 bits per heavy atom. The number of hydrogen-bond acceptors (Lipinski definition) is 2. The van der Waals surface area contributed by atoms with E-state index in [1.54, 1.807) is 12.1 Å². The van der Waals surface area contributed by atoms with Crippen molar-refractivity contribution in [1.82, 2.24) is 4.98 Å². The van der Waals surface area contributed by atoms with Crippen molar-refractivity contribution in [2.24, 2.45) is 0 Å². The number of nitrogens with one attached hydrogen (secondary N) is 1. The molecule has 114 valence electrons. The first-order valence-corrected chi connectivity index (χ1v) is 8.13. The van der Waals surface area contributed by atoms with Gasteiger partial charge >= 0.3 is 0 Å². The number of carbonyl (C=O) groups excluding carboxylic acids is 1. The average molecular weight is 315 g/mol. The van der Waals surface area contributed by atoms with Gasteiger partial charge in [0.15, 0.2) is 0 Å². The van der Waals surface area contributed by atoms with Crippen LogP contribution in [0.1, 0.15) is 53.9 Å². The van der Waals surface area contributed by atoms with Gasteiger partial charge in [0.1, 0.15) is 5.15 Å². The largest absolute Gasteiger partial charge is 0.322 e. The predicted molar refractivity (Wildman–Crippen MR) is 89.5 cm³/mol. The number of benzene rings is 1. The lowest BCUT2D eigenvalue weighted by atomic mass is 9.84. The van der Waals surface area contributed by atoms with E-state index in [1.807, 2.05) is 12.1 Å². The molecule has 22 heavy (non-hydrogen) atoms. The molecule has 1 N–H and O–H groups in total. The third kappa shape index (κ3) is 3.66. The highest BCUT2D eigenvalue weighted by molar-refractivity contribution is 6.29. The maximum absolute atomic E-state index is 12.1. The highest BCUT2D eigenvalue weighted by atomic mass is 35.5. The SMILES string of the molecule is O=C(Nc1ccc(C2CCCCC2)cc1)c1ccc(Cl)nc1. The quantitative estimate of drug-likeness (QED) is 0.807. The van der Waals surface area contributed by atoms with Crippen molar-refractivity contribution in [3.8, 4) is 0 Å². The number of pyridine rings is 1. The zero-order valence-corrected chi connectivity index (χ0v) is 13.1. The van der Waals surface area contributed by atoms with Crippen LogP contribution in [0.5, 0.6) is 0 Å². The van der Waals surface area contributed by atoms with E-state index in [1.165, 1.54) is 43.9 Å². The lowest BCUT2D eigenvalue weighted by molar-refractivity contribution is 0.102. The number of anilines is 1. The number of hydrogen-bond donors (Lipinski definition) is 1. The van der Waals surface area contributed by atoms with Gasteiger partial charge in [-0.25, -0.2) is 4.98 Å². The van der Waals surface area contributed by atoms with E-state index >= 15 is 0 Å². The molecule has 0 unspecified atom stereocenters. The molecule has 1 aliphatic carbocycles. The summed E-state index contributed by atoms with van der Waals surface area (Å²) in [5.41, 5.74) is 2.69. The number of halogens is 1. The van der Waals surface area contributed by atoms with E-state index in [0.717, 1.165) is 5.69 Å². The molecule has 0 spiro atoms. The molecule has 0 bridgehead atoms. The molecule has 1 aliphatic rings. The smallest absolute Gasteiger partial charge is 0.257 e. The van der Waals surface area contributed by atoms with Gasteiger partial charge in [0.25, 0.3) is 5.91 Å². The Labute approximate surface area is 135 Å². The Bertz CT molecular complexity index is 631. The van der Waals surface area contributed by atoms with Crippen LogP contribution >= 0.6 is 11.6 Å². The molecular weight excluding hydrogens is 296 g/mol. The first-order chi connectivity index (χ1) is 10.7. The third-order valence-corrected chi connectivity index (χ3v) is 4.46. The van der Waals surface area contributed by atoms with Gasteiger partial charge < -0.3 is 5.32 Å². The number of rotatable bonds is 3. The van der Waals surface area contributed by atoms with Crippen LogP contribution in [0.3, 0.4) is 0 Å². The van der Waals surface area contributed by atoms with Crippen LogP contribution in [0, 0.1) is 0 Å². The van der Waals surface area contributed by atoms with E-state index in [9.17, 15) is 4.79 Å². The minimum Gasteiger partial charge on any atom is -0.322 e. The second-order valence-electron chi connectivity index (χ2n) is 5.78. The van der Waals surface area contributed by atoms with Crippen molar-refractivity contribution >= 4 is 23.2 Å². The summed E-state index contributed by atoms with van der Waals surface area (Å²) in [7, 11) is 0. The van der Waals surface area contributed by atoms with E-state index in [4.69, 9.17) is 11.6 Å². The van der Waals surface area contributed by atoms with Gasteiger partial charge in [-0.05, 0) is 48.6 Å². The lowest BCUT2D eigenvalue weighted by Crippen LogP contribution is -2.12. The monoisotopic (exact) mass is 314 g/mol. The maximum Gasteiger partial charge on any atom is 0.257 e. The zero-order valence-electron chi connectivity index (χ0n) is 12.4. The van der Waals surface area contributed by atoms with Crippen molar-refractivity contribution in [2.45, 2.75) is 38.0 Å². The van der Waals surface area contributed by atoms with Crippen LogP contribution in [0.2, 0.25) is 5.15 Å². The second kappa shape index (κ2) is 6.93. The van der Waals surface area contributed by atoms with Crippen LogP contribution in [0.4, 0.5) is 5.69 Å². The molecule has 1 saturated carbocycles. The minimum absolute atomic E-state index is 0.172. The number of aromatic nitrogens is 1. The van der Waals surface area contributed by atoms with Crippen molar-refractivity contribution in [3.05, 3.63) is 58.9 Å². The predicted octanol–water partition coefficient (Wildman–Crippen LogP) is 5.04. The van der Waals surface area contributed by atoms with Crippen LogP contribution in [-0.4, -0.2) is 10.9 Å². The summed E-state index contributed by atoms with van der Waals surface area (Å²) in [6.45, 7) is 0. The standard InChI is InChI=1S/C18H19ClN2O/c19-17-11-8-15(12-20-17)18(22)21-16-9-6-14(7-10-16)13-4-2-1-3-5-13/h6-13H,1-5H2,(H,21,22). The topological polar surface area (TPSA) is 42.0 Å². The fourth-order valence-electron chi connectivity index (χ4n) is 2.99. The Morgan fingerprint density at radius 2 is 1.77 bits per heavy atom. The molecule has 1 fully saturated rings. The van der Waals surface area contributed by atoms with E-state index in [2.05, 4.69) is 22.4 Å². The first kappa shape index (κ1) is 15.0. The van der Waals surface area contributed by atoms with Gasteiger partial charge in [-0.15, -0.1) is 0 Å². The fraction of sp³-hybridized carbons (Fsp3) is 0.333. The molecule has 3 rings (SSSR count). The zero-order chi connectivity index (χ0) is 15.4. The van der Waals surface area contributed by atoms with Gasteiger partial charge in [0.05, 0.1) is 5.56 Å². The molecule has 1 amide bonds.